The van der Waals surface area contributed by atoms with Crippen LogP contribution in [0.1, 0.15) is 27.2 Å². The smallest absolute Gasteiger partial charge is 0.336 e. The topological polar surface area (TPSA) is 59.4 Å². The third-order valence-electron chi connectivity index (χ3n) is 3.57. The Labute approximate surface area is 122 Å². The van der Waals surface area contributed by atoms with Gasteiger partial charge in [0.25, 0.3) is 0 Å². The van der Waals surface area contributed by atoms with Gasteiger partial charge >= 0.3 is 5.97 Å². The molecule has 1 heterocycles. The Hall–Kier alpha value is -2.62. The number of benzene rings is 1. The molecule has 3 rings (SSSR count). The summed E-state index contributed by atoms with van der Waals surface area (Å²) in [6.45, 7) is 2.44. The predicted molar refractivity (Wildman–Crippen MR) is 79.6 cm³/mol. The first-order valence-electron chi connectivity index (χ1n) is 6.74. The van der Waals surface area contributed by atoms with E-state index < -0.39 is 5.97 Å². The molecule has 0 radical (unpaired) electrons. The zero-order chi connectivity index (χ0) is 14.8. The molecule has 4 nitrogen and oxygen atoms in total. The summed E-state index contributed by atoms with van der Waals surface area (Å²) in [4.78, 5) is 15.4. The molecule has 1 aliphatic carbocycles. The number of ether oxygens (including phenoxy) is 1. The van der Waals surface area contributed by atoms with Crippen molar-refractivity contribution in [1.82, 2.24) is 4.98 Å². The van der Waals surface area contributed by atoms with E-state index in [-0.39, 0.29) is 0 Å². The van der Waals surface area contributed by atoms with Crippen molar-refractivity contribution in [2.24, 2.45) is 0 Å². The number of carbonyl (C=O) groups is 1. The van der Waals surface area contributed by atoms with E-state index in [0.717, 1.165) is 28.1 Å². The molecular formula is C17H15NO3. The lowest BCUT2D eigenvalue weighted by Gasteiger charge is -2.09. The fourth-order valence-corrected chi connectivity index (χ4v) is 2.47. The van der Waals surface area contributed by atoms with Crippen molar-refractivity contribution in [2.45, 2.75) is 13.3 Å². The minimum Gasteiger partial charge on any atom is -0.489 e. The SMILES string of the molecule is Cc1ccccc1OCC1=Cc2nccc(C(=O)O)c2C1. The number of pyridine rings is 1. The number of hydrogen-bond donors (Lipinski definition) is 1. The van der Waals surface area contributed by atoms with Crippen LogP contribution in [0.2, 0.25) is 0 Å². The molecular weight excluding hydrogens is 266 g/mol. The van der Waals surface area contributed by atoms with E-state index in [4.69, 9.17) is 4.74 Å². The highest BCUT2D eigenvalue weighted by atomic mass is 16.5. The highest BCUT2D eigenvalue weighted by Gasteiger charge is 2.20. The van der Waals surface area contributed by atoms with Crippen molar-refractivity contribution in [2.75, 3.05) is 6.61 Å². The van der Waals surface area contributed by atoms with Crippen LogP contribution < -0.4 is 4.74 Å². The van der Waals surface area contributed by atoms with Crippen LogP contribution in [-0.2, 0) is 6.42 Å². The lowest BCUT2D eigenvalue weighted by Crippen LogP contribution is -2.06. The van der Waals surface area contributed by atoms with Crippen LogP contribution in [0.25, 0.3) is 6.08 Å². The second-order valence-electron chi connectivity index (χ2n) is 5.06. The summed E-state index contributed by atoms with van der Waals surface area (Å²) in [6.07, 6.45) is 4.03. The predicted octanol–water partition coefficient (Wildman–Crippen LogP) is 3.11. The van der Waals surface area contributed by atoms with Crippen molar-refractivity contribution in [3.8, 4) is 5.75 Å². The minimum atomic E-state index is -0.914. The molecule has 0 saturated heterocycles. The number of hydrogen-bond acceptors (Lipinski definition) is 3. The maximum atomic E-state index is 11.2. The zero-order valence-corrected chi connectivity index (χ0v) is 11.7. The first-order chi connectivity index (χ1) is 10.1. The summed E-state index contributed by atoms with van der Waals surface area (Å²) in [5, 5.41) is 9.20. The van der Waals surface area contributed by atoms with Gasteiger partial charge in [-0.3, -0.25) is 4.98 Å². The second kappa shape index (κ2) is 5.40. The molecule has 0 bridgehead atoms. The number of aromatic nitrogens is 1. The summed E-state index contributed by atoms with van der Waals surface area (Å²) in [7, 11) is 0. The van der Waals surface area contributed by atoms with E-state index in [1.54, 1.807) is 6.07 Å². The average molecular weight is 281 g/mol. The van der Waals surface area contributed by atoms with Crippen molar-refractivity contribution in [3.05, 3.63) is 64.5 Å². The Morgan fingerprint density at radius 2 is 2.14 bits per heavy atom. The quantitative estimate of drug-likeness (QED) is 0.935. The van der Waals surface area contributed by atoms with Gasteiger partial charge in [0.2, 0.25) is 0 Å². The molecule has 1 aromatic heterocycles. The molecule has 106 valence electrons. The molecule has 0 aliphatic heterocycles. The number of aromatic carboxylic acids is 1. The Morgan fingerprint density at radius 1 is 1.33 bits per heavy atom. The summed E-state index contributed by atoms with van der Waals surface area (Å²) < 4.78 is 5.81. The number of carboxylic acid groups (broad SMARTS) is 1. The maximum Gasteiger partial charge on any atom is 0.336 e. The third kappa shape index (κ3) is 2.65. The van der Waals surface area contributed by atoms with Gasteiger partial charge in [-0.15, -0.1) is 0 Å². The molecule has 0 unspecified atom stereocenters. The van der Waals surface area contributed by atoms with Gasteiger partial charge in [-0.05, 0) is 41.8 Å². The molecule has 0 atom stereocenters. The number of aryl methyl sites for hydroxylation is 1. The molecule has 0 saturated carbocycles. The van der Waals surface area contributed by atoms with Crippen molar-refractivity contribution in [1.29, 1.82) is 0 Å². The van der Waals surface area contributed by atoms with Gasteiger partial charge in [-0.1, -0.05) is 18.2 Å². The third-order valence-corrected chi connectivity index (χ3v) is 3.57. The van der Waals surface area contributed by atoms with Crippen LogP contribution in [0.5, 0.6) is 5.75 Å². The molecule has 4 heteroatoms. The Morgan fingerprint density at radius 3 is 2.90 bits per heavy atom. The molecule has 1 aliphatic rings. The standard InChI is InChI=1S/C17H15NO3/c1-11-4-2-3-5-16(11)21-10-12-8-14-13(17(19)20)6-7-18-15(14)9-12/h2-7,9H,8,10H2,1H3,(H,19,20). The summed E-state index contributed by atoms with van der Waals surface area (Å²) in [5.41, 5.74) is 3.95. The van der Waals surface area contributed by atoms with Crippen LogP contribution in [0.15, 0.2) is 42.1 Å². The van der Waals surface area contributed by atoms with E-state index in [2.05, 4.69) is 4.98 Å². The van der Waals surface area contributed by atoms with E-state index in [0.29, 0.717) is 18.6 Å². The summed E-state index contributed by atoms with van der Waals surface area (Å²) in [6, 6.07) is 9.37. The van der Waals surface area contributed by atoms with Crippen LogP contribution in [0.3, 0.4) is 0 Å². The van der Waals surface area contributed by atoms with E-state index >= 15 is 0 Å². The molecule has 0 fully saturated rings. The van der Waals surface area contributed by atoms with Gasteiger partial charge in [0.05, 0.1) is 11.3 Å². The number of para-hydroxylation sites is 1. The first-order valence-corrected chi connectivity index (χ1v) is 6.74. The van der Waals surface area contributed by atoms with E-state index in [1.165, 1.54) is 6.20 Å². The van der Waals surface area contributed by atoms with Crippen molar-refractivity contribution >= 4 is 12.0 Å². The van der Waals surface area contributed by atoms with Gasteiger partial charge in [-0.2, -0.15) is 0 Å². The lowest BCUT2D eigenvalue weighted by atomic mass is 10.1. The van der Waals surface area contributed by atoms with Gasteiger partial charge in [0.15, 0.2) is 0 Å². The highest BCUT2D eigenvalue weighted by Crippen LogP contribution is 2.27. The van der Waals surface area contributed by atoms with Gasteiger partial charge in [0, 0.05) is 12.6 Å². The minimum absolute atomic E-state index is 0.321. The average Bonchev–Trinajstić information content (AvgIpc) is 2.88. The van der Waals surface area contributed by atoms with Gasteiger partial charge in [0.1, 0.15) is 12.4 Å². The lowest BCUT2D eigenvalue weighted by molar-refractivity contribution is 0.0695. The van der Waals surface area contributed by atoms with Crippen molar-refractivity contribution < 1.29 is 14.6 Å². The van der Waals surface area contributed by atoms with Crippen LogP contribution in [0.4, 0.5) is 0 Å². The van der Waals surface area contributed by atoms with E-state index in [1.807, 2.05) is 37.3 Å². The number of carboxylic acids is 1. The first kappa shape index (κ1) is 13.4. The van der Waals surface area contributed by atoms with Crippen LogP contribution in [0, 0.1) is 6.92 Å². The zero-order valence-electron chi connectivity index (χ0n) is 11.7. The maximum absolute atomic E-state index is 11.2. The molecule has 0 amide bonds. The summed E-state index contributed by atoms with van der Waals surface area (Å²) >= 11 is 0. The molecule has 21 heavy (non-hydrogen) atoms. The Bertz CT molecular complexity index is 735. The monoisotopic (exact) mass is 281 g/mol. The van der Waals surface area contributed by atoms with Crippen LogP contribution in [-0.4, -0.2) is 22.7 Å². The summed E-state index contributed by atoms with van der Waals surface area (Å²) in [5.74, 6) is -0.0658. The highest BCUT2D eigenvalue weighted by molar-refractivity contribution is 5.91. The van der Waals surface area contributed by atoms with Crippen LogP contribution >= 0.6 is 0 Å². The number of rotatable bonds is 4. The Balaban J connectivity index is 1.75. The fourth-order valence-electron chi connectivity index (χ4n) is 2.47. The molecule has 1 N–H and O–H groups in total. The molecule has 1 aromatic carbocycles. The van der Waals surface area contributed by atoms with E-state index in [9.17, 15) is 9.90 Å². The van der Waals surface area contributed by atoms with Gasteiger partial charge in [-0.25, -0.2) is 4.79 Å². The normalized spacial score (nSPS) is 12.7. The molecule has 0 spiro atoms. The Kier molecular flexibility index (Phi) is 3.44. The van der Waals surface area contributed by atoms with Crippen molar-refractivity contribution in [3.63, 3.8) is 0 Å². The largest absolute Gasteiger partial charge is 0.489 e. The number of nitrogens with zero attached hydrogens (tertiary/aromatic N) is 1. The van der Waals surface area contributed by atoms with Gasteiger partial charge < -0.3 is 9.84 Å². The molecule has 2 aromatic rings. The second-order valence-corrected chi connectivity index (χ2v) is 5.06. The fraction of sp³-hybridized carbons (Fsp3) is 0.176. The number of fused-ring (bicyclic) bond motifs is 1.